The lowest BCUT2D eigenvalue weighted by Crippen LogP contribution is -2.20. The topological polar surface area (TPSA) is 86.5 Å². The number of hydrogen-bond acceptors (Lipinski definition) is 6. The van der Waals surface area contributed by atoms with Crippen molar-refractivity contribution in [2.24, 2.45) is 0 Å². The van der Waals surface area contributed by atoms with Crippen LogP contribution in [0.15, 0.2) is 53.1 Å². The van der Waals surface area contributed by atoms with E-state index in [0.29, 0.717) is 35.3 Å². The van der Waals surface area contributed by atoms with Gasteiger partial charge in [-0.15, -0.1) is 0 Å². The molecule has 3 aromatic rings. The number of ether oxygens (including phenoxy) is 2. The van der Waals surface area contributed by atoms with E-state index < -0.39 is 0 Å². The third kappa shape index (κ3) is 4.18. The zero-order valence-electron chi connectivity index (χ0n) is 14.6. The second kappa shape index (κ2) is 8.15. The minimum atomic E-state index is -0.285. The predicted octanol–water partition coefficient (Wildman–Crippen LogP) is 3.33. The Morgan fingerprint density at radius 3 is 2.81 bits per heavy atom. The smallest absolute Gasteiger partial charge is 0.262 e. The van der Waals surface area contributed by atoms with Crippen molar-refractivity contribution in [1.29, 1.82) is 0 Å². The van der Waals surface area contributed by atoms with E-state index in [1.807, 2.05) is 31.2 Å². The number of carbonyl (C=O) groups is 1. The summed E-state index contributed by atoms with van der Waals surface area (Å²) in [6, 6.07) is 14.4. The molecule has 134 valence electrons. The van der Waals surface area contributed by atoms with Crippen LogP contribution in [0.5, 0.6) is 11.5 Å². The molecule has 1 heterocycles. The number of nitrogens with one attached hydrogen (secondary N) is 1. The first-order valence-electron chi connectivity index (χ1n) is 8.18. The van der Waals surface area contributed by atoms with Crippen molar-refractivity contribution < 1.29 is 18.8 Å². The summed E-state index contributed by atoms with van der Waals surface area (Å²) >= 11 is 0. The molecule has 0 aliphatic heterocycles. The Kier molecular flexibility index (Phi) is 5.48. The van der Waals surface area contributed by atoms with Gasteiger partial charge in [0.2, 0.25) is 11.7 Å². The van der Waals surface area contributed by atoms with E-state index in [-0.39, 0.29) is 12.5 Å². The molecule has 2 aromatic carbocycles. The third-order valence-corrected chi connectivity index (χ3v) is 3.61. The second-order valence-electron chi connectivity index (χ2n) is 5.43. The zero-order valence-corrected chi connectivity index (χ0v) is 14.6. The lowest BCUT2D eigenvalue weighted by Gasteiger charge is -2.10. The van der Waals surface area contributed by atoms with Crippen molar-refractivity contribution in [3.05, 3.63) is 54.4 Å². The van der Waals surface area contributed by atoms with E-state index in [1.54, 1.807) is 31.4 Å². The maximum atomic E-state index is 12.1. The molecule has 0 unspecified atom stereocenters. The number of amides is 1. The molecule has 7 nitrogen and oxygen atoms in total. The molecule has 0 saturated heterocycles. The molecular formula is C19H19N3O4. The van der Waals surface area contributed by atoms with Crippen molar-refractivity contribution in [1.82, 2.24) is 10.1 Å². The maximum absolute atomic E-state index is 12.1. The van der Waals surface area contributed by atoms with Gasteiger partial charge in [-0.05, 0) is 24.3 Å². The highest BCUT2D eigenvalue weighted by Gasteiger charge is 2.10. The third-order valence-electron chi connectivity index (χ3n) is 3.61. The first-order chi connectivity index (χ1) is 12.7. The number of methoxy groups -OCH3 is 1. The maximum Gasteiger partial charge on any atom is 0.262 e. The number of para-hydroxylation sites is 2. The molecule has 0 aliphatic rings. The molecule has 1 aromatic heterocycles. The average Bonchev–Trinajstić information content (AvgIpc) is 3.16. The molecule has 3 rings (SSSR count). The molecule has 1 N–H and O–H groups in total. The summed E-state index contributed by atoms with van der Waals surface area (Å²) in [5.41, 5.74) is 1.35. The molecule has 0 bridgehead atoms. The van der Waals surface area contributed by atoms with Crippen molar-refractivity contribution in [2.45, 2.75) is 13.3 Å². The number of aromatic nitrogens is 2. The van der Waals surface area contributed by atoms with Crippen LogP contribution in [-0.4, -0.2) is 29.8 Å². The first kappa shape index (κ1) is 17.5. The molecule has 0 atom stereocenters. The number of nitrogens with zero attached hydrogens (tertiary/aromatic N) is 2. The van der Waals surface area contributed by atoms with Crippen LogP contribution in [0.2, 0.25) is 0 Å². The summed E-state index contributed by atoms with van der Waals surface area (Å²) in [7, 11) is 1.55. The predicted molar refractivity (Wildman–Crippen MR) is 96.2 cm³/mol. The van der Waals surface area contributed by atoms with E-state index in [0.717, 1.165) is 5.56 Å². The quantitative estimate of drug-likeness (QED) is 0.701. The van der Waals surface area contributed by atoms with Gasteiger partial charge in [-0.25, -0.2) is 0 Å². The molecule has 0 radical (unpaired) electrons. The van der Waals surface area contributed by atoms with Gasteiger partial charge in [0.05, 0.1) is 12.8 Å². The van der Waals surface area contributed by atoms with Crippen molar-refractivity contribution in [3.63, 3.8) is 0 Å². The van der Waals surface area contributed by atoms with Gasteiger partial charge in [-0.2, -0.15) is 4.98 Å². The normalized spacial score (nSPS) is 10.4. The first-order valence-corrected chi connectivity index (χ1v) is 8.18. The largest absolute Gasteiger partial charge is 0.495 e. The highest BCUT2D eigenvalue weighted by molar-refractivity contribution is 5.93. The van der Waals surface area contributed by atoms with Crippen molar-refractivity contribution >= 4 is 11.6 Å². The Morgan fingerprint density at radius 1 is 1.19 bits per heavy atom. The van der Waals surface area contributed by atoms with Gasteiger partial charge in [0.15, 0.2) is 6.61 Å². The highest BCUT2D eigenvalue weighted by atomic mass is 16.5. The Bertz CT molecular complexity index is 892. The molecular weight excluding hydrogens is 334 g/mol. The monoisotopic (exact) mass is 353 g/mol. The van der Waals surface area contributed by atoms with E-state index in [9.17, 15) is 4.79 Å². The molecule has 0 spiro atoms. The van der Waals surface area contributed by atoms with E-state index in [1.165, 1.54) is 0 Å². The second-order valence-corrected chi connectivity index (χ2v) is 5.43. The molecule has 26 heavy (non-hydrogen) atoms. The number of rotatable bonds is 7. The van der Waals surface area contributed by atoms with Crippen molar-refractivity contribution in [2.75, 3.05) is 19.0 Å². The van der Waals surface area contributed by atoms with Crippen LogP contribution < -0.4 is 14.8 Å². The van der Waals surface area contributed by atoms with Crippen molar-refractivity contribution in [3.8, 4) is 22.9 Å². The van der Waals surface area contributed by atoms with Crippen LogP contribution in [0.1, 0.15) is 12.8 Å². The summed E-state index contributed by atoms with van der Waals surface area (Å²) in [5.74, 6) is 1.91. The lowest BCUT2D eigenvalue weighted by molar-refractivity contribution is -0.118. The molecule has 0 saturated carbocycles. The molecule has 0 fully saturated rings. The van der Waals surface area contributed by atoms with Gasteiger partial charge < -0.3 is 19.3 Å². The fourth-order valence-corrected chi connectivity index (χ4v) is 2.32. The van der Waals surface area contributed by atoms with E-state index in [4.69, 9.17) is 14.0 Å². The summed E-state index contributed by atoms with van der Waals surface area (Å²) in [6.07, 6.45) is 0.673. The van der Waals surface area contributed by atoms with E-state index >= 15 is 0 Å². The minimum absolute atomic E-state index is 0.131. The SMILES string of the molecule is CCc1nc(-c2cccc(OCC(=O)Nc3ccccc3OC)c2)no1. The molecule has 7 heteroatoms. The van der Waals surface area contributed by atoms with Gasteiger partial charge in [0.25, 0.3) is 5.91 Å². The minimum Gasteiger partial charge on any atom is -0.495 e. The lowest BCUT2D eigenvalue weighted by atomic mass is 10.2. The number of aryl methyl sites for hydroxylation is 1. The van der Waals surface area contributed by atoms with Gasteiger partial charge in [0.1, 0.15) is 11.5 Å². The van der Waals surface area contributed by atoms with Crippen LogP contribution in [0.4, 0.5) is 5.69 Å². The fraction of sp³-hybridized carbons (Fsp3) is 0.211. The van der Waals surface area contributed by atoms with Crippen LogP contribution in [-0.2, 0) is 11.2 Å². The van der Waals surface area contributed by atoms with Crippen LogP contribution >= 0.6 is 0 Å². The summed E-state index contributed by atoms with van der Waals surface area (Å²) < 4.78 is 15.9. The summed E-state index contributed by atoms with van der Waals surface area (Å²) in [4.78, 5) is 16.4. The Morgan fingerprint density at radius 2 is 2.04 bits per heavy atom. The fourth-order valence-electron chi connectivity index (χ4n) is 2.32. The Labute approximate surface area is 150 Å². The van der Waals surface area contributed by atoms with E-state index in [2.05, 4.69) is 15.5 Å². The standard InChI is InChI=1S/C19H19N3O4/c1-3-18-21-19(22-26-18)13-7-6-8-14(11-13)25-12-17(23)20-15-9-4-5-10-16(15)24-2/h4-11H,3,12H2,1-2H3,(H,20,23). The highest BCUT2D eigenvalue weighted by Crippen LogP contribution is 2.24. The van der Waals surface area contributed by atoms with Crippen LogP contribution in [0, 0.1) is 0 Å². The van der Waals surface area contributed by atoms with Gasteiger partial charge in [-0.3, -0.25) is 4.79 Å². The van der Waals surface area contributed by atoms with Gasteiger partial charge >= 0.3 is 0 Å². The average molecular weight is 353 g/mol. The van der Waals surface area contributed by atoms with Gasteiger partial charge in [0, 0.05) is 12.0 Å². The molecule has 0 aliphatic carbocycles. The summed E-state index contributed by atoms with van der Waals surface area (Å²) in [5, 5.41) is 6.69. The number of benzene rings is 2. The number of hydrogen-bond donors (Lipinski definition) is 1. The van der Waals surface area contributed by atoms with Crippen LogP contribution in [0.3, 0.4) is 0 Å². The Hall–Kier alpha value is -3.35. The molecule has 1 amide bonds. The van der Waals surface area contributed by atoms with Gasteiger partial charge in [-0.1, -0.05) is 36.3 Å². The van der Waals surface area contributed by atoms with Crippen LogP contribution in [0.25, 0.3) is 11.4 Å². The zero-order chi connectivity index (χ0) is 18.4. The summed E-state index contributed by atoms with van der Waals surface area (Å²) in [6.45, 7) is 1.81. The number of anilines is 1. The number of carbonyl (C=O) groups excluding carboxylic acids is 1. The Balaban J connectivity index is 1.62.